The Balaban J connectivity index is 3.70. The first-order valence-electron chi connectivity index (χ1n) is 6.52. The fourth-order valence-electron chi connectivity index (χ4n) is 1.33. The number of hydrogen-bond acceptors (Lipinski definition) is 3. The highest BCUT2D eigenvalue weighted by Crippen LogP contribution is 1.99. The van der Waals surface area contributed by atoms with Gasteiger partial charge in [-0.1, -0.05) is 13.8 Å². The first-order chi connectivity index (χ1) is 9.01. The average molecular weight is 273 g/mol. The summed E-state index contributed by atoms with van der Waals surface area (Å²) >= 11 is 0. The molecule has 3 amide bonds. The second-order valence-electron chi connectivity index (χ2n) is 4.18. The summed E-state index contributed by atoms with van der Waals surface area (Å²) in [5, 5.41) is 16.5. The molecule has 0 aromatic rings. The van der Waals surface area contributed by atoms with Crippen molar-refractivity contribution in [2.45, 2.75) is 33.1 Å². The molecule has 0 heterocycles. The quantitative estimate of drug-likeness (QED) is 0.485. The number of hydrogen-bond donors (Lipinski definition) is 4. The smallest absolute Gasteiger partial charge is 0.314 e. The Morgan fingerprint density at radius 2 is 1.74 bits per heavy atom. The highest BCUT2D eigenvalue weighted by Gasteiger charge is 2.15. The van der Waals surface area contributed by atoms with Gasteiger partial charge < -0.3 is 21.1 Å². The van der Waals surface area contributed by atoms with Crippen molar-refractivity contribution >= 4 is 17.9 Å². The summed E-state index contributed by atoms with van der Waals surface area (Å²) in [5.41, 5.74) is 0. The van der Waals surface area contributed by atoms with E-state index in [1.165, 1.54) is 0 Å². The molecular weight excluding hydrogens is 250 g/mol. The minimum Gasteiger partial charge on any atom is -0.481 e. The number of amides is 3. The molecular formula is C12H23N3O4. The molecule has 7 nitrogen and oxygen atoms in total. The lowest BCUT2D eigenvalue weighted by atomic mass is 10.1. The fraction of sp³-hybridized carbons (Fsp3) is 0.750. The maximum atomic E-state index is 11.3. The lowest BCUT2D eigenvalue weighted by Gasteiger charge is -2.11. The molecule has 0 aromatic carbocycles. The Morgan fingerprint density at radius 1 is 1.05 bits per heavy atom. The number of carboxylic acid groups (broad SMARTS) is 1. The molecule has 0 rings (SSSR count). The Hall–Kier alpha value is -1.79. The Bertz CT molecular complexity index is 307. The predicted molar refractivity (Wildman–Crippen MR) is 70.7 cm³/mol. The molecule has 0 saturated heterocycles. The first kappa shape index (κ1) is 17.2. The van der Waals surface area contributed by atoms with Crippen LogP contribution in [0.15, 0.2) is 0 Å². The van der Waals surface area contributed by atoms with Gasteiger partial charge in [0.2, 0.25) is 5.91 Å². The number of carboxylic acids is 1. The summed E-state index contributed by atoms with van der Waals surface area (Å²) in [6.45, 7) is 4.64. The SMILES string of the molecule is CCCNC(=O)CCNC(=O)NCC(CC)C(=O)O. The molecule has 0 radical (unpaired) electrons. The van der Waals surface area contributed by atoms with Crippen molar-refractivity contribution < 1.29 is 19.5 Å². The third-order valence-electron chi connectivity index (χ3n) is 2.56. The van der Waals surface area contributed by atoms with E-state index in [0.29, 0.717) is 13.0 Å². The zero-order valence-electron chi connectivity index (χ0n) is 11.5. The third-order valence-corrected chi connectivity index (χ3v) is 2.56. The van der Waals surface area contributed by atoms with Gasteiger partial charge >= 0.3 is 12.0 Å². The van der Waals surface area contributed by atoms with Crippen LogP contribution in [-0.4, -0.2) is 42.6 Å². The number of carbonyl (C=O) groups excluding carboxylic acids is 2. The molecule has 0 aliphatic rings. The topological polar surface area (TPSA) is 108 Å². The van der Waals surface area contributed by atoms with Crippen molar-refractivity contribution in [2.75, 3.05) is 19.6 Å². The number of nitrogens with one attached hydrogen (secondary N) is 3. The van der Waals surface area contributed by atoms with E-state index in [1.807, 2.05) is 6.92 Å². The normalized spacial score (nSPS) is 11.5. The van der Waals surface area contributed by atoms with E-state index < -0.39 is 17.9 Å². The minimum atomic E-state index is -0.929. The largest absolute Gasteiger partial charge is 0.481 e. The molecule has 1 atom stereocenters. The molecule has 0 saturated carbocycles. The lowest BCUT2D eigenvalue weighted by molar-refractivity contribution is -0.141. The van der Waals surface area contributed by atoms with Crippen LogP contribution in [0.1, 0.15) is 33.1 Å². The van der Waals surface area contributed by atoms with Crippen molar-refractivity contribution in [1.29, 1.82) is 0 Å². The summed E-state index contributed by atoms with van der Waals surface area (Å²) < 4.78 is 0. The number of urea groups is 1. The lowest BCUT2D eigenvalue weighted by Crippen LogP contribution is -2.41. The van der Waals surface area contributed by atoms with Gasteiger partial charge in [-0.05, 0) is 12.8 Å². The van der Waals surface area contributed by atoms with E-state index in [0.717, 1.165) is 6.42 Å². The summed E-state index contributed by atoms with van der Waals surface area (Å²) in [5.74, 6) is -1.63. The summed E-state index contributed by atoms with van der Waals surface area (Å²) in [7, 11) is 0. The highest BCUT2D eigenvalue weighted by molar-refractivity contribution is 5.78. The molecule has 0 bridgehead atoms. The van der Waals surface area contributed by atoms with Gasteiger partial charge in [-0.15, -0.1) is 0 Å². The Morgan fingerprint density at radius 3 is 2.26 bits per heavy atom. The zero-order chi connectivity index (χ0) is 14.7. The van der Waals surface area contributed by atoms with Gasteiger partial charge in [0.25, 0.3) is 0 Å². The Kier molecular flexibility index (Phi) is 9.20. The van der Waals surface area contributed by atoms with Crippen LogP contribution in [0.2, 0.25) is 0 Å². The molecule has 0 aliphatic heterocycles. The number of aliphatic carboxylic acids is 1. The molecule has 0 aromatic heterocycles. The molecule has 19 heavy (non-hydrogen) atoms. The van der Waals surface area contributed by atoms with Crippen molar-refractivity contribution in [1.82, 2.24) is 16.0 Å². The molecule has 0 aliphatic carbocycles. The van der Waals surface area contributed by atoms with Crippen LogP contribution in [0.25, 0.3) is 0 Å². The van der Waals surface area contributed by atoms with Crippen molar-refractivity contribution in [3.8, 4) is 0 Å². The molecule has 0 spiro atoms. The van der Waals surface area contributed by atoms with Crippen molar-refractivity contribution in [2.24, 2.45) is 5.92 Å². The van der Waals surface area contributed by atoms with Crippen LogP contribution < -0.4 is 16.0 Å². The van der Waals surface area contributed by atoms with E-state index >= 15 is 0 Å². The maximum absolute atomic E-state index is 11.3. The summed E-state index contributed by atoms with van der Waals surface area (Å²) in [4.78, 5) is 33.3. The predicted octanol–water partition coefficient (Wildman–Crippen LogP) is 0.313. The van der Waals surface area contributed by atoms with Gasteiger partial charge in [0, 0.05) is 26.1 Å². The summed E-state index contributed by atoms with van der Waals surface area (Å²) in [6, 6.07) is -0.456. The van der Waals surface area contributed by atoms with Gasteiger partial charge in [0.15, 0.2) is 0 Å². The molecule has 110 valence electrons. The van der Waals surface area contributed by atoms with Gasteiger partial charge in [0.05, 0.1) is 5.92 Å². The van der Waals surface area contributed by atoms with Crippen molar-refractivity contribution in [3.63, 3.8) is 0 Å². The van der Waals surface area contributed by atoms with E-state index in [-0.39, 0.29) is 25.4 Å². The van der Waals surface area contributed by atoms with E-state index in [1.54, 1.807) is 6.92 Å². The maximum Gasteiger partial charge on any atom is 0.314 e. The zero-order valence-corrected chi connectivity index (χ0v) is 11.5. The van der Waals surface area contributed by atoms with Gasteiger partial charge in [-0.2, -0.15) is 0 Å². The average Bonchev–Trinajstić information content (AvgIpc) is 2.36. The monoisotopic (exact) mass is 273 g/mol. The molecule has 7 heteroatoms. The van der Waals surface area contributed by atoms with E-state index in [2.05, 4.69) is 16.0 Å². The molecule has 1 unspecified atom stereocenters. The Labute approximate surface area is 113 Å². The van der Waals surface area contributed by atoms with Gasteiger partial charge in [-0.25, -0.2) is 4.79 Å². The standard InChI is InChI=1S/C12H23N3O4/c1-3-6-13-10(16)5-7-14-12(19)15-8-9(4-2)11(17)18/h9H,3-8H2,1-2H3,(H,13,16)(H,17,18)(H2,14,15,19). The van der Waals surface area contributed by atoms with Gasteiger partial charge in [-0.3, -0.25) is 9.59 Å². The molecule has 0 fully saturated rings. The molecule has 4 N–H and O–H groups in total. The van der Waals surface area contributed by atoms with Crippen LogP contribution in [0.4, 0.5) is 4.79 Å². The third kappa shape index (κ3) is 8.87. The number of rotatable bonds is 9. The van der Waals surface area contributed by atoms with E-state index in [9.17, 15) is 14.4 Å². The number of carbonyl (C=O) groups is 3. The van der Waals surface area contributed by atoms with Crippen LogP contribution in [0.5, 0.6) is 0 Å². The fourth-order valence-corrected chi connectivity index (χ4v) is 1.33. The van der Waals surface area contributed by atoms with Crippen LogP contribution in [-0.2, 0) is 9.59 Å². The van der Waals surface area contributed by atoms with Crippen LogP contribution >= 0.6 is 0 Å². The van der Waals surface area contributed by atoms with Gasteiger partial charge in [0.1, 0.15) is 0 Å². The van der Waals surface area contributed by atoms with E-state index in [4.69, 9.17) is 5.11 Å². The van der Waals surface area contributed by atoms with Crippen LogP contribution in [0.3, 0.4) is 0 Å². The minimum absolute atomic E-state index is 0.0830. The second-order valence-corrected chi connectivity index (χ2v) is 4.18. The highest BCUT2D eigenvalue weighted by atomic mass is 16.4. The first-order valence-corrected chi connectivity index (χ1v) is 6.52. The summed E-state index contributed by atoms with van der Waals surface area (Å²) in [6.07, 6.45) is 1.53. The van der Waals surface area contributed by atoms with Crippen LogP contribution in [0, 0.1) is 5.92 Å². The second kappa shape index (κ2) is 10.2. The van der Waals surface area contributed by atoms with Crippen molar-refractivity contribution in [3.05, 3.63) is 0 Å².